The largest absolute Gasteiger partial charge is 0.261 e. The second-order valence-electron chi connectivity index (χ2n) is 1.73. The first kappa shape index (κ1) is 5.29. The van der Waals surface area contributed by atoms with Gasteiger partial charge >= 0.3 is 0 Å². The van der Waals surface area contributed by atoms with Gasteiger partial charge in [0, 0.05) is 18.8 Å². The van der Waals surface area contributed by atoms with E-state index in [1.807, 2.05) is 19.1 Å². The summed E-state index contributed by atoms with van der Waals surface area (Å²) in [6.07, 6.45) is 1.65. The second-order valence-corrected chi connectivity index (χ2v) is 1.73. The molecule has 1 heterocycles. The molecule has 0 saturated heterocycles. The third kappa shape index (κ3) is 1.06. The maximum Gasteiger partial charge on any atom is 0.0372 e. The van der Waals surface area contributed by atoms with E-state index in [4.69, 9.17) is 6.92 Å². The maximum absolute atomic E-state index is 5.36. The molecule has 1 rings (SSSR count). The molecule has 0 spiro atoms. The van der Waals surface area contributed by atoms with Crippen LogP contribution < -0.4 is 0 Å². The monoisotopic (exact) mass is 105 g/mol. The molecule has 0 aliphatic rings. The Labute approximate surface area is 49.4 Å². The van der Waals surface area contributed by atoms with E-state index < -0.39 is 0 Å². The minimum Gasteiger partial charge on any atom is -0.261 e. The van der Waals surface area contributed by atoms with Crippen molar-refractivity contribution in [3.63, 3.8) is 0 Å². The standard InChI is InChI=1S/C7H7N/c1-6-3-4-7(2)8-5-6/h1,3-5H,2H3. The minimum atomic E-state index is 0.718. The highest BCUT2D eigenvalue weighted by Crippen LogP contribution is 1.94. The molecule has 0 bridgehead atoms. The molecule has 0 aliphatic carbocycles. The summed E-state index contributed by atoms with van der Waals surface area (Å²) in [5.41, 5.74) is 1.72. The van der Waals surface area contributed by atoms with Gasteiger partial charge in [-0.3, -0.25) is 4.98 Å². The van der Waals surface area contributed by atoms with Gasteiger partial charge in [-0.2, -0.15) is 0 Å². The van der Waals surface area contributed by atoms with Gasteiger partial charge in [-0.1, -0.05) is 6.07 Å². The van der Waals surface area contributed by atoms with Crippen LogP contribution in [0.1, 0.15) is 11.3 Å². The van der Waals surface area contributed by atoms with Crippen LogP contribution in [0.15, 0.2) is 18.3 Å². The van der Waals surface area contributed by atoms with Crippen LogP contribution in [0.4, 0.5) is 0 Å². The van der Waals surface area contributed by atoms with Crippen molar-refractivity contribution in [2.75, 3.05) is 0 Å². The Morgan fingerprint density at radius 1 is 1.50 bits per heavy atom. The predicted octanol–water partition coefficient (Wildman–Crippen LogP) is 1.45. The van der Waals surface area contributed by atoms with Crippen molar-refractivity contribution < 1.29 is 0 Å². The molecule has 0 atom stereocenters. The van der Waals surface area contributed by atoms with E-state index in [-0.39, 0.29) is 0 Å². The fourth-order valence-corrected chi connectivity index (χ4v) is 0.479. The van der Waals surface area contributed by atoms with Gasteiger partial charge in [0.15, 0.2) is 0 Å². The van der Waals surface area contributed by atoms with E-state index in [1.54, 1.807) is 6.20 Å². The first-order valence-electron chi connectivity index (χ1n) is 2.47. The fourth-order valence-electron chi connectivity index (χ4n) is 0.479. The van der Waals surface area contributed by atoms with Crippen LogP contribution in [0.2, 0.25) is 0 Å². The Morgan fingerprint density at radius 2 is 2.25 bits per heavy atom. The van der Waals surface area contributed by atoms with Gasteiger partial charge in [0.05, 0.1) is 0 Å². The van der Waals surface area contributed by atoms with Crippen molar-refractivity contribution in [3.05, 3.63) is 36.5 Å². The summed E-state index contributed by atoms with van der Waals surface area (Å²) < 4.78 is 0. The van der Waals surface area contributed by atoms with E-state index in [2.05, 4.69) is 4.98 Å². The van der Waals surface area contributed by atoms with Crippen molar-refractivity contribution >= 4 is 0 Å². The third-order valence-corrected chi connectivity index (χ3v) is 0.934. The molecule has 0 amide bonds. The molecule has 2 radical (unpaired) electrons. The Bertz CT molecular complexity index is 143. The van der Waals surface area contributed by atoms with Crippen LogP contribution in [0.5, 0.6) is 0 Å². The first-order valence-corrected chi connectivity index (χ1v) is 2.47. The quantitative estimate of drug-likeness (QED) is 0.486. The number of hydrogen-bond acceptors (Lipinski definition) is 1. The Hall–Kier alpha value is -0.850. The number of pyridine rings is 1. The molecule has 0 unspecified atom stereocenters. The highest BCUT2D eigenvalue weighted by atomic mass is 14.6. The van der Waals surface area contributed by atoms with Gasteiger partial charge in [0.25, 0.3) is 0 Å². The lowest BCUT2D eigenvalue weighted by atomic mass is 10.3. The molecular formula is C7H7N. The highest BCUT2D eigenvalue weighted by Gasteiger charge is 1.81. The average Bonchev–Trinajstić information content (AvgIpc) is 1.77. The lowest BCUT2D eigenvalue weighted by Crippen LogP contribution is -1.78. The van der Waals surface area contributed by atoms with Crippen LogP contribution in [-0.2, 0) is 0 Å². The Kier molecular flexibility index (Phi) is 1.29. The number of aromatic nitrogens is 1. The molecule has 0 aliphatic heterocycles. The lowest BCUT2D eigenvalue weighted by molar-refractivity contribution is 1.19. The van der Waals surface area contributed by atoms with E-state index in [9.17, 15) is 0 Å². The molecule has 1 aromatic rings. The number of aryl methyl sites for hydroxylation is 1. The van der Waals surface area contributed by atoms with E-state index >= 15 is 0 Å². The normalized spacial score (nSPS) is 9.25. The van der Waals surface area contributed by atoms with E-state index in [1.165, 1.54) is 0 Å². The van der Waals surface area contributed by atoms with Crippen molar-refractivity contribution in [2.45, 2.75) is 6.92 Å². The van der Waals surface area contributed by atoms with Gasteiger partial charge < -0.3 is 0 Å². The lowest BCUT2D eigenvalue weighted by Gasteiger charge is -1.88. The first-order chi connectivity index (χ1) is 3.79. The zero-order valence-electron chi connectivity index (χ0n) is 4.76. The maximum atomic E-state index is 5.36. The van der Waals surface area contributed by atoms with Crippen molar-refractivity contribution in [1.29, 1.82) is 0 Å². The van der Waals surface area contributed by atoms with E-state index in [0.717, 1.165) is 11.3 Å². The zero-order valence-corrected chi connectivity index (χ0v) is 4.76. The summed E-state index contributed by atoms with van der Waals surface area (Å²) in [5, 5.41) is 0. The predicted molar refractivity (Wildman–Crippen MR) is 32.4 cm³/mol. The summed E-state index contributed by atoms with van der Waals surface area (Å²) in [7, 11) is 0. The van der Waals surface area contributed by atoms with Crippen LogP contribution in [-0.4, -0.2) is 4.98 Å². The summed E-state index contributed by atoms with van der Waals surface area (Å²) in [5.74, 6) is 0. The van der Waals surface area contributed by atoms with Gasteiger partial charge in [-0.25, -0.2) is 0 Å². The summed E-state index contributed by atoms with van der Waals surface area (Å²) >= 11 is 0. The second kappa shape index (κ2) is 1.95. The number of nitrogens with zero attached hydrogens (tertiary/aromatic N) is 1. The molecule has 1 nitrogen and oxygen atoms in total. The number of rotatable bonds is 0. The molecule has 1 heteroatoms. The van der Waals surface area contributed by atoms with Crippen LogP contribution in [0.3, 0.4) is 0 Å². The molecule has 1 aromatic heterocycles. The van der Waals surface area contributed by atoms with Crippen LogP contribution in [0.25, 0.3) is 0 Å². The molecule has 0 aromatic carbocycles. The highest BCUT2D eigenvalue weighted by molar-refractivity contribution is 5.14. The van der Waals surface area contributed by atoms with Gasteiger partial charge in [0.1, 0.15) is 0 Å². The van der Waals surface area contributed by atoms with Crippen molar-refractivity contribution in [1.82, 2.24) is 4.98 Å². The van der Waals surface area contributed by atoms with Gasteiger partial charge in [-0.15, -0.1) is 0 Å². The average molecular weight is 105 g/mol. The summed E-state index contributed by atoms with van der Waals surface area (Å²) in [4.78, 5) is 3.95. The van der Waals surface area contributed by atoms with Crippen molar-refractivity contribution in [3.8, 4) is 0 Å². The van der Waals surface area contributed by atoms with Gasteiger partial charge in [0.2, 0.25) is 0 Å². The third-order valence-electron chi connectivity index (χ3n) is 0.934. The van der Waals surface area contributed by atoms with E-state index in [0.29, 0.717) is 0 Å². The molecule has 0 saturated carbocycles. The van der Waals surface area contributed by atoms with Crippen molar-refractivity contribution in [2.24, 2.45) is 0 Å². The molecule has 40 valence electrons. The Balaban J connectivity index is 3.03. The zero-order chi connectivity index (χ0) is 5.98. The minimum absolute atomic E-state index is 0.718. The smallest absolute Gasteiger partial charge is 0.0372 e. The summed E-state index contributed by atoms with van der Waals surface area (Å²) in [6.45, 7) is 7.29. The SMILES string of the molecule is [CH]c1ccc(C)nc1. The van der Waals surface area contributed by atoms with Gasteiger partial charge in [-0.05, 0) is 18.6 Å². The van der Waals surface area contributed by atoms with Crippen LogP contribution >= 0.6 is 0 Å². The molecule has 0 fully saturated rings. The Morgan fingerprint density at radius 3 is 2.62 bits per heavy atom. The van der Waals surface area contributed by atoms with Crippen LogP contribution in [0, 0.1) is 13.8 Å². The summed E-state index contributed by atoms with van der Waals surface area (Å²) in [6, 6.07) is 3.72. The molecular weight excluding hydrogens is 98.1 g/mol. The topological polar surface area (TPSA) is 12.9 Å². The molecule has 8 heavy (non-hydrogen) atoms. The number of hydrogen-bond donors (Lipinski definition) is 0. The molecule has 0 N–H and O–H groups in total. The fraction of sp³-hybridized carbons (Fsp3) is 0.143.